The molecule has 0 aliphatic carbocycles. The molecule has 1 aliphatic rings. The highest BCUT2D eigenvalue weighted by Crippen LogP contribution is 2.23. The summed E-state index contributed by atoms with van der Waals surface area (Å²) in [5, 5.41) is 8.05. The van der Waals surface area contributed by atoms with Crippen molar-refractivity contribution in [3.05, 3.63) is 42.5 Å². The van der Waals surface area contributed by atoms with Crippen LogP contribution in [0.15, 0.2) is 42.5 Å². The molecule has 2 N–H and O–H groups in total. The molecule has 6 heteroatoms. The van der Waals surface area contributed by atoms with Gasteiger partial charge in [0.2, 0.25) is 5.91 Å². The second kappa shape index (κ2) is 9.48. The van der Waals surface area contributed by atoms with Gasteiger partial charge in [-0.05, 0) is 31.2 Å². The molecule has 27 heavy (non-hydrogen) atoms. The number of fused-ring (bicyclic) bond motifs is 1. The molecule has 2 atom stereocenters. The van der Waals surface area contributed by atoms with E-state index in [1.54, 1.807) is 6.92 Å². The molecule has 1 amide bonds. The molecule has 0 spiro atoms. The van der Waals surface area contributed by atoms with Gasteiger partial charge in [-0.3, -0.25) is 14.9 Å². The number of rotatable bonds is 7. The van der Waals surface area contributed by atoms with Crippen LogP contribution in [-0.4, -0.2) is 44.3 Å². The fourth-order valence-electron chi connectivity index (χ4n) is 3.43. The Labute approximate surface area is 159 Å². The van der Waals surface area contributed by atoms with Crippen LogP contribution in [0.5, 0.6) is 0 Å². The average Bonchev–Trinajstić information content (AvgIpc) is 2.69. The first kappa shape index (κ1) is 19.3. The van der Waals surface area contributed by atoms with Crippen LogP contribution in [0.4, 0.5) is 5.69 Å². The minimum Gasteiger partial charge on any atom is -0.465 e. The topological polar surface area (TPSA) is 76.7 Å². The number of esters is 1. The van der Waals surface area contributed by atoms with E-state index in [2.05, 4.69) is 10.6 Å². The van der Waals surface area contributed by atoms with E-state index in [-0.39, 0.29) is 24.3 Å². The molecule has 1 heterocycles. The second-order valence-electron chi connectivity index (χ2n) is 6.66. The number of hydrogen-bond acceptors (Lipinski definition) is 5. The summed E-state index contributed by atoms with van der Waals surface area (Å²) in [7, 11) is 0. The maximum atomic E-state index is 12.5. The van der Waals surface area contributed by atoms with Gasteiger partial charge in [0.1, 0.15) is 6.04 Å². The minimum atomic E-state index is -0.538. The van der Waals surface area contributed by atoms with E-state index in [9.17, 15) is 9.59 Å². The number of benzene rings is 2. The highest BCUT2D eigenvalue weighted by molar-refractivity contribution is 6.02. The molecule has 144 valence electrons. The van der Waals surface area contributed by atoms with Crippen molar-refractivity contribution in [2.75, 3.05) is 31.7 Å². The summed E-state index contributed by atoms with van der Waals surface area (Å²) in [6, 6.07) is 13.1. The predicted octanol–water partition coefficient (Wildman–Crippen LogP) is 2.73. The van der Waals surface area contributed by atoms with Gasteiger partial charge in [0.05, 0.1) is 19.8 Å². The lowest BCUT2D eigenvalue weighted by Gasteiger charge is -2.29. The Kier molecular flexibility index (Phi) is 6.79. The number of hydrogen-bond donors (Lipinski definition) is 2. The van der Waals surface area contributed by atoms with Gasteiger partial charge in [-0.15, -0.1) is 0 Å². The summed E-state index contributed by atoms with van der Waals surface area (Å²) in [4.78, 5) is 24.8. The first-order valence-corrected chi connectivity index (χ1v) is 9.44. The quantitative estimate of drug-likeness (QED) is 0.733. The number of carbonyl (C=O) groups is 2. The molecule has 2 unspecified atom stereocenters. The Morgan fingerprint density at radius 1 is 1.22 bits per heavy atom. The third-order valence-corrected chi connectivity index (χ3v) is 4.75. The fraction of sp³-hybridized carbons (Fsp3) is 0.429. The van der Waals surface area contributed by atoms with Crippen molar-refractivity contribution < 1.29 is 19.1 Å². The summed E-state index contributed by atoms with van der Waals surface area (Å²) >= 11 is 0. The molecule has 0 bridgehead atoms. The summed E-state index contributed by atoms with van der Waals surface area (Å²) in [5.74, 6) is -0.508. The highest BCUT2D eigenvalue weighted by Gasteiger charge is 2.31. The molecule has 0 aromatic heterocycles. The standard InChI is InChI=1S/C21H26N2O4/c1-2-27-21(25)20(16-9-6-12-26-14-16)22-13-19(24)23-18-11-5-8-15-7-3-4-10-17(15)18/h3-5,7-8,10-11,16,20,22H,2,6,9,12-14H2,1H3,(H,23,24). The third-order valence-electron chi connectivity index (χ3n) is 4.75. The monoisotopic (exact) mass is 370 g/mol. The molecule has 3 rings (SSSR count). The smallest absolute Gasteiger partial charge is 0.323 e. The van der Waals surface area contributed by atoms with Crippen molar-refractivity contribution >= 4 is 28.3 Å². The van der Waals surface area contributed by atoms with E-state index in [4.69, 9.17) is 9.47 Å². The van der Waals surface area contributed by atoms with Gasteiger partial charge in [0.15, 0.2) is 0 Å². The van der Waals surface area contributed by atoms with Gasteiger partial charge < -0.3 is 14.8 Å². The van der Waals surface area contributed by atoms with Crippen molar-refractivity contribution in [3.8, 4) is 0 Å². The lowest BCUT2D eigenvalue weighted by molar-refractivity contribution is -0.148. The van der Waals surface area contributed by atoms with Gasteiger partial charge in [-0.25, -0.2) is 0 Å². The van der Waals surface area contributed by atoms with Crippen molar-refractivity contribution in [1.82, 2.24) is 5.32 Å². The van der Waals surface area contributed by atoms with E-state index in [0.717, 1.165) is 29.3 Å². The van der Waals surface area contributed by atoms with E-state index in [0.29, 0.717) is 19.8 Å². The second-order valence-corrected chi connectivity index (χ2v) is 6.66. The van der Waals surface area contributed by atoms with Gasteiger partial charge in [0.25, 0.3) is 0 Å². The number of amides is 1. The zero-order chi connectivity index (χ0) is 19.1. The number of anilines is 1. The van der Waals surface area contributed by atoms with Crippen LogP contribution in [0.2, 0.25) is 0 Å². The maximum absolute atomic E-state index is 12.5. The van der Waals surface area contributed by atoms with Gasteiger partial charge in [-0.2, -0.15) is 0 Å². The van der Waals surface area contributed by atoms with Crippen molar-refractivity contribution in [2.24, 2.45) is 5.92 Å². The van der Waals surface area contributed by atoms with E-state index >= 15 is 0 Å². The first-order chi connectivity index (χ1) is 13.2. The van der Waals surface area contributed by atoms with Crippen molar-refractivity contribution in [2.45, 2.75) is 25.8 Å². The Morgan fingerprint density at radius 2 is 2.04 bits per heavy atom. The SMILES string of the molecule is CCOC(=O)C(NCC(=O)Nc1cccc2ccccc12)C1CCCOC1. The number of ether oxygens (including phenoxy) is 2. The van der Waals surface area contributed by atoms with E-state index < -0.39 is 6.04 Å². The van der Waals surface area contributed by atoms with Crippen molar-refractivity contribution in [1.29, 1.82) is 0 Å². The van der Waals surface area contributed by atoms with Crippen LogP contribution in [0.1, 0.15) is 19.8 Å². The van der Waals surface area contributed by atoms with Gasteiger partial charge in [-0.1, -0.05) is 36.4 Å². The Bertz CT molecular complexity index is 781. The lowest BCUT2D eigenvalue weighted by Crippen LogP contribution is -2.49. The van der Waals surface area contributed by atoms with E-state index in [1.165, 1.54) is 0 Å². The molecule has 1 saturated heterocycles. The molecule has 0 saturated carbocycles. The molecule has 6 nitrogen and oxygen atoms in total. The minimum absolute atomic E-state index is 0.0168. The van der Waals surface area contributed by atoms with Crippen molar-refractivity contribution in [3.63, 3.8) is 0 Å². The van der Waals surface area contributed by atoms with E-state index in [1.807, 2.05) is 42.5 Å². The Balaban J connectivity index is 1.63. The average molecular weight is 370 g/mol. The zero-order valence-corrected chi connectivity index (χ0v) is 15.6. The Morgan fingerprint density at radius 3 is 2.81 bits per heavy atom. The zero-order valence-electron chi connectivity index (χ0n) is 15.6. The molecule has 1 fully saturated rings. The largest absolute Gasteiger partial charge is 0.465 e. The van der Waals surface area contributed by atoms with Crippen LogP contribution < -0.4 is 10.6 Å². The predicted molar refractivity (Wildman–Crippen MR) is 105 cm³/mol. The third kappa shape index (κ3) is 5.05. The lowest BCUT2D eigenvalue weighted by atomic mass is 9.93. The van der Waals surface area contributed by atoms with Gasteiger partial charge in [0, 0.05) is 23.6 Å². The number of carbonyl (C=O) groups excluding carboxylic acids is 2. The van der Waals surface area contributed by atoms with Gasteiger partial charge >= 0.3 is 5.97 Å². The Hall–Kier alpha value is -2.44. The highest BCUT2D eigenvalue weighted by atomic mass is 16.5. The molecule has 2 aromatic rings. The van der Waals surface area contributed by atoms with Crippen LogP contribution in [-0.2, 0) is 19.1 Å². The molecular formula is C21H26N2O4. The summed E-state index contributed by atoms with van der Waals surface area (Å²) in [6.07, 6.45) is 1.78. The van der Waals surface area contributed by atoms with Crippen LogP contribution in [0.25, 0.3) is 10.8 Å². The fourth-order valence-corrected chi connectivity index (χ4v) is 3.43. The van der Waals surface area contributed by atoms with Crippen LogP contribution in [0.3, 0.4) is 0 Å². The summed E-state index contributed by atoms with van der Waals surface area (Å²) < 4.78 is 10.7. The first-order valence-electron chi connectivity index (χ1n) is 9.44. The molecule has 1 aliphatic heterocycles. The number of nitrogens with one attached hydrogen (secondary N) is 2. The van der Waals surface area contributed by atoms with Crippen LogP contribution in [0, 0.1) is 5.92 Å². The molecule has 2 aromatic carbocycles. The molecule has 0 radical (unpaired) electrons. The summed E-state index contributed by atoms with van der Waals surface area (Å²) in [6.45, 7) is 3.34. The molecular weight excluding hydrogens is 344 g/mol. The normalized spacial score (nSPS) is 18.0. The maximum Gasteiger partial charge on any atom is 0.323 e. The van der Waals surface area contributed by atoms with Crippen LogP contribution >= 0.6 is 0 Å². The summed E-state index contributed by atoms with van der Waals surface area (Å²) in [5.41, 5.74) is 0.758.